The Hall–Kier alpha value is -3.67. The van der Waals surface area contributed by atoms with Gasteiger partial charge in [-0.2, -0.15) is 0 Å². The van der Waals surface area contributed by atoms with Crippen LogP contribution in [0.15, 0.2) is 66.7 Å². The molecule has 1 aliphatic rings. The molecule has 1 heterocycles. The maximum absolute atomic E-state index is 13.2. The summed E-state index contributed by atoms with van der Waals surface area (Å²) in [6.45, 7) is 3.69. The molecule has 0 radical (unpaired) electrons. The number of nitrogens with zero attached hydrogens (tertiary/aromatic N) is 1. The third kappa shape index (κ3) is 3.52. The molecule has 3 aromatic rings. The number of amides is 4. The zero-order chi connectivity index (χ0) is 21.3. The van der Waals surface area contributed by atoms with Gasteiger partial charge in [0.05, 0.1) is 0 Å². The number of hydrogen-bond acceptors (Lipinski definition) is 3. The Kier molecular flexibility index (Phi) is 4.99. The Labute approximate surface area is 174 Å². The van der Waals surface area contributed by atoms with Crippen molar-refractivity contribution in [3.05, 3.63) is 83.4 Å². The highest BCUT2D eigenvalue weighted by atomic mass is 16.2. The maximum Gasteiger partial charge on any atom is 0.325 e. The van der Waals surface area contributed by atoms with Crippen LogP contribution in [0.3, 0.4) is 0 Å². The van der Waals surface area contributed by atoms with E-state index >= 15 is 0 Å². The number of rotatable bonds is 5. The molecule has 152 valence electrons. The fourth-order valence-corrected chi connectivity index (χ4v) is 3.79. The average Bonchev–Trinajstić information content (AvgIpc) is 2.96. The van der Waals surface area contributed by atoms with Crippen LogP contribution in [0.5, 0.6) is 0 Å². The topological polar surface area (TPSA) is 78.5 Å². The molecular weight excluding hydrogens is 378 g/mol. The summed E-state index contributed by atoms with van der Waals surface area (Å²) in [6.07, 6.45) is 0. The van der Waals surface area contributed by atoms with Gasteiger partial charge in [-0.05, 0) is 35.7 Å². The van der Waals surface area contributed by atoms with Gasteiger partial charge in [-0.15, -0.1) is 0 Å². The van der Waals surface area contributed by atoms with Crippen molar-refractivity contribution in [3.63, 3.8) is 0 Å². The van der Waals surface area contributed by atoms with E-state index in [0.717, 1.165) is 26.8 Å². The lowest BCUT2D eigenvalue weighted by atomic mass is 9.88. The van der Waals surface area contributed by atoms with Crippen molar-refractivity contribution < 1.29 is 14.4 Å². The lowest BCUT2D eigenvalue weighted by molar-refractivity contribution is -0.134. The fraction of sp³-hybridized carbons (Fsp3) is 0.208. The Bertz CT molecular complexity index is 1130. The Morgan fingerprint density at radius 2 is 1.70 bits per heavy atom. The minimum absolute atomic E-state index is 0.323. The van der Waals surface area contributed by atoms with Gasteiger partial charge >= 0.3 is 6.03 Å². The molecule has 1 fully saturated rings. The van der Waals surface area contributed by atoms with Crippen LogP contribution < -0.4 is 10.6 Å². The molecule has 1 atom stereocenters. The zero-order valence-electron chi connectivity index (χ0n) is 16.9. The van der Waals surface area contributed by atoms with Crippen LogP contribution in [0.25, 0.3) is 10.8 Å². The molecule has 3 aromatic carbocycles. The fourth-order valence-electron chi connectivity index (χ4n) is 3.79. The molecule has 0 unspecified atom stereocenters. The van der Waals surface area contributed by atoms with Crippen molar-refractivity contribution >= 4 is 28.6 Å². The normalized spacial score (nSPS) is 18.5. The number of imide groups is 1. The van der Waals surface area contributed by atoms with E-state index in [4.69, 9.17) is 0 Å². The highest BCUT2D eigenvalue weighted by molar-refractivity contribution is 6.10. The first kappa shape index (κ1) is 19.6. The second kappa shape index (κ2) is 7.63. The molecule has 1 aliphatic heterocycles. The van der Waals surface area contributed by atoms with Crippen LogP contribution in [-0.2, 0) is 21.7 Å². The molecular formula is C24H23N3O3. The van der Waals surface area contributed by atoms with E-state index < -0.39 is 17.5 Å². The molecule has 2 N–H and O–H groups in total. The van der Waals surface area contributed by atoms with Gasteiger partial charge in [-0.3, -0.25) is 14.5 Å². The summed E-state index contributed by atoms with van der Waals surface area (Å²) < 4.78 is 0. The number of carbonyl (C=O) groups excluding carboxylic acids is 3. The van der Waals surface area contributed by atoms with Gasteiger partial charge in [-0.1, -0.05) is 72.3 Å². The number of aryl methyl sites for hydroxylation is 1. The van der Waals surface area contributed by atoms with Gasteiger partial charge in [0.25, 0.3) is 5.91 Å². The molecule has 0 spiro atoms. The van der Waals surface area contributed by atoms with Crippen LogP contribution in [0, 0.1) is 6.92 Å². The van der Waals surface area contributed by atoms with E-state index in [0.29, 0.717) is 12.1 Å². The van der Waals surface area contributed by atoms with Gasteiger partial charge in [0.15, 0.2) is 0 Å². The van der Waals surface area contributed by atoms with E-state index in [1.165, 1.54) is 0 Å². The van der Waals surface area contributed by atoms with Gasteiger partial charge in [0.2, 0.25) is 5.91 Å². The highest BCUT2D eigenvalue weighted by Gasteiger charge is 2.50. The summed E-state index contributed by atoms with van der Waals surface area (Å²) in [4.78, 5) is 39.1. The summed E-state index contributed by atoms with van der Waals surface area (Å²) in [5, 5.41) is 7.42. The molecule has 1 saturated heterocycles. The molecule has 4 rings (SSSR count). The SMILES string of the molecule is Cc1ccc(CNC(=O)CN2C(=O)N[C@](C)(c3cccc4ccccc34)C2=O)cc1. The molecule has 0 bridgehead atoms. The highest BCUT2D eigenvalue weighted by Crippen LogP contribution is 2.33. The largest absolute Gasteiger partial charge is 0.350 e. The second-order valence-corrected chi connectivity index (χ2v) is 7.74. The lowest BCUT2D eigenvalue weighted by Crippen LogP contribution is -2.43. The summed E-state index contributed by atoms with van der Waals surface area (Å²) in [6, 6.07) is 20.6. The predicted molar refractivity (Wildman–Crippen MR) is 115 cm³/mol. The average molecular weight is 401 g/mol. The standard InChI is InChI=1S/C24H23N3O3/c1-16-10-12-17(13-11-16)14-25-21(28)15-27-22(29)24(2,26-23(27)30)20-9-5-7-18-6-3-4-8-19(18)20/h3-13H,14-15H2,1-2H3,(H,25,28)(H,26,30)/t24-/m1/s1. The third-order valence-corrected chi connectivity index (χ3v) is 5.52. The first-order valence-corrected chi connectivity index (χ1v) is 9.83. The summed E-state index contributed by atoms with van der Waals surface area (Å²) in [5.74, 6) is -0.824. The molecule has 6 nitrogen and oxygen atoms in total. The molecule has 0 aromatic heterocycles. The summed E-state index contributed by atoms with van der Waals surface area (Å²) >= 11 is 0. The van der Waals surface area contributed by atoms with E-state index in [1.807, 2.05) is 73.7 Å². The van der Waals surface area contributed by atoms with Gasteiger partial charge in [0.1, 0.15) is 12.1 Å². The maximum atomic E-state index is 13.2. The van der Waals surface area contributed by atoms with E-state index in [-0.39, 0.29) is 12.5 Å². The third-order valence-electron chi connectivity index (χ3n) is 5.52. The quantitative estimate of drug-likeness (QED) is 0.645. The monoisotopic (exact) mass is 401 g/mol. The molecule has 6 heteroatoms. The Morgan fingerprint density at radius 3 is 2.47 bits per heavy atom. The van der Waals surface area contributed by atoms with Crippen LogP contribution in [0.2, 0.25) is 0 Å². The molecule has 0 aliphatic carbocycles. The predicted octanol–water partition coefficient (Wildman–Crippen LogP) is 3.23. The molecule has 4 amide bonds. The number of fused-ring (bicyclic) bond motifs is 1. The van der Waals surface area contributed by atoms with Crippen LogP contribution >= 0.6 is 0 Å². The minimum atomic E-state index is -1.23. The van der Waals surface area contributed by atoms with Gasteiger partial charge < -0.3 is 10.6 Å². The first-order valence-electron chi connectivity index (χ1n) is 9.83. The number of benzene rings is 3. The Balaban J connectivity index is 1.50. The second-order valence-electron chi connectivity index (χ2n) is 7.74. The number of nitrogens with one attached hydrogen (secondary N) is 2. The molecule has 0 saturated carbocycles. The van der Waals surface area contributed by atoms with E-state index in [9.17, 15) is 14.4 Å². The number of hydrogen-bond donors (Lipinski definition) is 2. The van der Waals surface area contributed by atoms with Crippen molar-refractivity contribution in [1.29, 1.82) is 0 Å². The van der Waals surface area contributed by atoms with Crippen molar-refractivity contribution in [2.75, 3.05) is 6.54 Å². The van der Waals surface area contributed by atoms with Crippen LogP contribution in [0.1, 0.15) is 23.6 Å². The van der Waals surface area contributed by atoms with Crippen LogP contribution in [0.4, 0.5) is 4.79 Å². The summed E-state index contributed by atoms with van der Waals surface area (Å²) in [5.41, 5.74) is 1.57. The van der Waals surface area contributed by atoms with Crippen molar-refractivity contribution in [2.24, 2.45) is 0 Å². The van der Waals surface area contributed by atoms with E-state index in [1.54, 1.807) is 6.92 Å². The molecule has 30 heavy (non-hydrogen) atoms. The number of urea groups is 1. The number of carbonyl (C=O) groups is 3. The Morgan fingerprint density at radius 1 is 1.00 bits per heavy atom. The van der Waals surface area contributed by atoms with Gasteiger partial charge in [0, 0.05) is 6.54 Å². The summed E-state index contributed by atoms with van der Waals surface area (Å²) in [7, 11) is 0. The van der Waals surface area contributed by atoms with Crippen molar-refractivity contribution in [3.8, 4) is 0 Å². The van der Waals surface area contributed by atoms with Crippen LogP contribution in [-0.4, -0.2) is 29.3 Å². The van der Waals surface area contributed by atoms with Crippen molar-refractivity contribution in [1.82, 2.24) is 15.5 Å². The van der Waals surface area contributed by atoms with Gasteiger partial charge in [-0.25, -0.2) is 4.79 Å². The zero-order valence-corrected chi connectivity index (χ0v) is 16.9. The van der Waals surface area contributed by atoms with E-state index in [2.05, 4.69) is 10.6 Å². The smallest absolute Gasteiger partial charge is 0.325 e. The first-order chi connectivity index (χ1) is 14.4. The minimum Gasteiger partial charge on any atom is -0.350 e. The van der Waals surface area contributed by atoms with Crippen molar-refractivity contribution in [2.45, 2.75) is 25.9 Å². The lowest BCUT2D eigenvalue weighted by Gasteiger charge is -2.24.